The molecule has 6 heterocycles. The highest BCUT2D eigenvalue weighted by atomic mass is 35.5. The zero-order valence-electron chi connectivity index (χ0n) is 18.3. The summed E-state index contributed by atoms with van der Waals surface area (Å²) in [6, 6.07) is -1.59. The van der Waals surface area contributed by atoms with Gasteiger partial charge in [-0.3, -0.25) is 20.2 Å². The number of amides is 4. The van der Waals surface area contributed by atoms with Gasteiger partial charge in [0, 0.05) is 20.0 Å². The van der Waals surface area contributed by atoms with Crippen LogP contribution in [0.3, 0.4) is 0 Å². The lowest BCUT2D eigenvalue weighted by atomic mass is 9.67. The Morgan fingerprint density at radius 1 is 1.21 bits per heavy atom. The molecule has 0 aromatic carbocycles. The predicted molar refractivity (Wildman–Crippen MR) is 116 cm³/mol. The maximum atomic E-state index is 13.3. The van der Waals surface area contributed by atoms with Gasteiger partial charge in [-0.1, -0.05) is 16.8 Å². The van der Waals surface area contributed by atoms with Crippen LogP contribution in [0.1, 0.15) is 19.5 Å². The molecule has 1 spiro atoms. The molecule has 2 N–H and O–H groups in total. The summed E-state index contributed by atoms with van der Waals surface area (Å²) in [4.78, 5) is 49.3. The first-order valence-corrected chi connectivity index (χ1v) is 11.0. The quantitative estimate of drug-likeness (QED) is 0.465. The summed E-state index contributed by atoms with van der Waals surface area (Å²) < 4.78 is 13.1. The van der Waals surface area contributed by atoms with Crippen molar-refractivity contribution in [2.45, 2.75) is 38.5 Å². The normalized spacial score (nSPS) is 25.8. The van der Waals surface area contributed by atoms with Gasteiger partial charge in [0.25, 0.3) is 0 Å². The Kier molecular flexibility index (Phi) is 4.30. The summed E-state index contributed by atoms with van der Waals surface area (Å²) in [5, 5.41) is 12.9. The molecule has 13 nitrogen and oxygen atoms in total. The fourth-order valence-electron chi connectivity index (χ4n) is 5.41. The lowest BCUT2D eigenvalue weighted by Crippen LogP contribution is -2.75. The second-order valence-corrected chi connectivity index (χ2v) is 9.15. The van der Waals surface area contributed by atoms with Crippen molar-refractivity contribution in [2.24, 2.45) is 12.5 Å². The van der Waals surface area contributed by atoms with Crippen LogP contribution in [0.5, 0.6) is 0 Å². The molecule has 3 aliphatic heterocycles. The molecule has 3 atom stereocenters. The number of hydrogen-bond acceptors (Lipinski definition) is 10. The molecule has 3 aromatic rings. The minimum Gasteiger partial charge on any atom is -0.372 e. The zero-order chi connectivity index (χ0) is 23.9. The van der Waals surface area contributed by atoms with Crippen molar-refractivity contribution in [1.82, 2.24) is 35.5 Å². The van der Waals surface area contributed by atoms with Crippen molar-refractivity contribution in [3.05, 3.63) is 17.0 Å². The molecule has 0 aliphatic carbocycles. The Bertz CT molecular complexity index is 1380. The van der Waals surface area contributed by atoms with E-state index in [4.69, 9.17) is 25.8 Å². The number of hydrogen-bond donors (Lipinski definition) is 2. The molecular weight excluding hydrogens is 468 g/mol. The van der Waals surface area contributed by atoms with E-state index in [1.807, 2.05) is 11.8 Å². The predicted octanol–water partition coefficient (Wildman–Crippen LogP) is 0.562. The van der Waals surface area contributed by atoms with Gasteiger partial charge in [0.15, 0.2) is 16.9 Å². The number of anilines is 1. The molecule has 0 unspecified atom stereocenters. The lowest BCUT2D eigenvalue weighted by Gasteiger charge is -2.55. The molecule has 6 rings (SSSR count). The zero-order valence-corrected chi connectivity index (χ0v) is 19.1. The van der Waals surface area contributed by atoms with Crippen molar-refractivity contribution in [1.29, 1.82) is 0 Å². The van der Waals surface area contributed by atoms with E-state index in [2.05, 4.69) is 25.9 Å². The third-order valence-corrected chi connectivity index (χ3v) is 7.05. The Morgan fingerprint density at radius 3 is 2.62 bits per heavy atom. The number of halogens is 1. The number of ether oxygens (including phenoxy) is 1. The number of morpholine rings is 1. The van der Waals surface area contributed by atoms with Crippen LogP contribution >= 0.6 is 11.6 Å². The number of carbonyl (C=O) groups excluding carboxylic acids is 3. The maximum Gasteiger partial charge on any atom is 0.328 e. The number of nitrogens with one attached hydrogen (secondary N) is 2. The van der Waals surface area contributed by atoms with Gasteiger partial charge < -0.3 is 14.2 Å². The molecule has 14 heteroatoms. The first kappa shape index (κ1) is 21.0. The first-order chi connectivity index (χ1) is 16.2. The molecule has 176 valence electrons. The van der Waals surface area contributed by atoms with Gasteiger partial charge in [0.05, 0.1) is 29.6 Å². The number of fused-ring (bicyclic) bond motifs is 5. The van der Waals surface area contributed by atoms with Crippen molar-refractivity contribution in [2.75, 3.05) is 11.4 Å². The van der Waals surface area contributed by atoms with E-state index in [1.54, 1.807) is 14.0 Å². The number of aromatic nitrogens is 5. The van der Waals surface area contributed by atoms with E-state index in [9.17, 15) is 14.4 Å². The van der Waals surface area contributed by atoms with Gasteiger partial charge in [-0.25, -0.2) is 19.4 Å². The second kappa shape index (κ2) is 6.96. The lowest BCUT2D eigenvalue weighted by molar-refractivity contribution is -0.153. The van der Waals surface area contributed by atoms with Gasteiger partial charge in [0.2, 0.25) is 17.4 Å². The standard InChI is InChI=1S/C20H19ClN8O5/c1-7-5-29-13-9(4-20(15(29)8(2)33-7)17(30)25-19(32)26-18(20)31)24-11-12(16-22-6-23-28(16)3)27-34-14(11)10(13)21/h6-8,15H,4-5H2,1-3H3,(H2,25,26,30,31,32)/t7-,8+,15-/m0/s1. The smallest absolute Gasteiger partial charge is 0.328 e. The Balaban J connectivity index is 1.61. The van der Waals surface area contributed by atoms with E-state index in [-0.39, 0.29) is 23.1 Å². The molecule has 0 radical (unpaired) electrons. The van der Waals surface area contributed by atoms with Crippen LogP contribution in [-0.2, 0) is 27.8 Å². The second-order valence-electron chi connectivity index (χ2n) is 8.77. The average molecular weight is 487 g/mol. The van der Waals surface area contributed by atoms with Crippen LogP contribution in [0.15, 0.2) is 10.9 Å². The Labute approximate surface area is 196 Å². The number of rotatable bonds is 1. The summed E-state index contributed by atoms with van der Waals surface area (Å²) in [7, 11) is 1.70. The van der Waals surface area contributed by atoms with Crippen LogP contribution in [0.2, 0.25) is 5.02 Å². The molecular formula is C20H19ClN8O5. The van der Waals surface area contributed by atoms with E-state index >= 15 is 0 Å². The van der Waals surface area contributed by atoms with Crippen LogP contribution in [0.25, 0.3) is 22.6 Å². The van der Waals surface area contributed by atoms with Gasteiger partial charge in [0.1, 0.15) is 16.9 Å². The van der Waals surface area contributed by atoms with Crippen molar-refractivity contribution in [3.63, 3.8) is 0 Å². The number of carbonyl (C=O) groups is 3. The summed E-state index contributed by atoms with van der Waals surface area (Å²) in [6.45, 7) is 4.02. The summed E-state index contributed by atoms with van der Waals surface area (Å²) in [5.41, 5.74) is 0.203. The molecule has 0 bridgehead atoms. The highest BCUT2D eigenvalue weighted by Gasteiger charge is 2.63. The number of aryl methyl sites for hydroxylation is 1. The molecule has 3 aromatic heterocycles. The topological polar surface area (TPSA) is 157 Å². The Hall–Kier alpha value is -3.58. The minimum atomic E-state index is -1.66. The van der Waals surface area contributed by atoms with Gasteiger partial charge in [-0.15, -0.1) is 0 Å². The maximum absolute atomic E-state index is 13.3. The minimum absolute atomic E-state index is 0.102. The average Bonchev–Trinajstić information content (AvgIpc) is 3.37. The van der Waals surface area contributed by atoms with Crippen molar-refractivity contribution < 1.29 is 23.6 Å². The van der Waals surface area contributed by atoms with Gasteiger partial charge >= 0.3 is 6.03 Å². The summed E-state index contributed by atoms with van der Waals surface area (Å²) >= 11 is 6.86. The third kappa shape index (κ3) is 2.61. The van der Waals surface area contributed by atoms with Crippen LogP contribution < -0.4 is 15.5 Å². The number of urea groups is 1. The third-order valence-electron chi connectivity index (χ3n) is 6.70. The van der Waals surface area contributed by atoms with Crippen LogP contribution in [0.4, 0.5) is 10.5 Å². The fourth-order valence-corrected chi connectivity index (χ4v) is 5.76. The van der Waals surface area contributed by atoms with E-state index in [0.29, 0.717) is 35.0 Å². The SMILES string of the molecule is C[C@H]1CN2c3c(nc4c(-c5ncnn5C)noc4c3Cl)CC3(C(=O)NC(=O)NC3=O)[C@@H]2[C@@H](C)O1. The summed E-state index contributed by atoms with van der Waals surface area (Å²) in [6.07, 6.45) is 0.522. The monoisotopic (exact) mass is 486 g/mol. The van der Waals surface area contributed by atoms with Gasteiger partial charge in [-0.2, -0.15) is 5.10 Å². The molecule has 34 heavy (non-hydrogen) atoms. The highest BCUT2D eigenvalue weighted by Crippen LogP contribution is 2.50. The molecule has 3 aliphatic rings. The van der Waals surface area contributed by atoms with E-state index in [0.717, 1.165) is 0 Å². The molecule has 2 saturated heterocycles. The highest BCUT2D eigenvalue weighted by molar-refractivity contribution is 6.38. The number of imide groups is 2. The van der Waals surface area contributed by atoms with Crippen LogP contribution in [-0.4, -0.2) is 67.5 Å². The molecule has 2 fully saturated rings. The van der Waals surface area contributed by atoms with Gasteiger partial charge in [-0.05, 0) is 13.8 Å². The first-order valence-electron chi connectivity index (χ1n) is 10.6. The van der Waals surface area contributed by atoms with Crippen molar-refractivity contribution in [3.8, 4) is 11.5 Å². The molecule has 0 saturated carbocycles. The number of pyridine rings is 1. The fraction of sp³-hybridized carbons (Fsp3) is 0.450. The Morgan fingerprint density at radius 2 is 1.94 bits per heavy atom. The summed E-state index contributed by atoms with van der Waals surface area (Å²) in [5.74, 6) is -0.995. The van der Waals surface area contributed by atoms with Crippen LogP contribution in [0, 0.1) is 5.41 Å². The van der Waals surface area contributed by atoms with E-state index in [1.165, 1.54) is 11.0 Å². The van der Waals surface area contributed by atoms with Crippen molar-refractivity contribution >= 4 is 46.2 Å². The largest absolute Gasteiger partial charge is 0.372 e. The number of barbiturate groups is 1. The number of nitrogens with zero attached hydrogens (tertiary/aromatic N) is 6. The molecule has 4 amide bonds. The van der Waals surface area contributed by atoms with E-state index < -0.39 is 35.4 Å².